The molecule has 0 saturated heterocycles. The predicted octanol–water partition coefficient (Wildman–Crippen LogP) is 5.92. The van der Waals surface area contributed by atoms with Crippen molar-refractivity contribution in [3.05, 3.63) is 44.3 Å². The molecule has 0 unspecified atom stereocenters. The molecular formula is C13H4F8S2. The number of thiophene rings is 2. The van der Waals surface area contributed by atoms with E-state index in [0.717, 1.165) is 10.8 Å². The van der Waals surface area contributed by atoms with Crippen molar-refractivity contribution in [3.63, 3.8) is 0 Å². The molecule has 0 aliphatic heterocycles. The first kappa shape index (κ1) is 16.4. The van der Waals surface area contributed by atoms with Crippen LogP contribution in [0.1, 0.15) is 11.1 Å². The Kier molecular flexibility index (Phi) is 3.42. The molecule has 2 heterocycles. The lowest BCUT2D eigenvalue weighted by Gasteiger charge is -2.25. The van der Waals surface area contributed by atoms with Crippen LogP contribution in [0.25, 0.3) is 11.1 Å². The zero-order valence-corrected chi connectivity index (χ0v) is 12.3. The van der Waals surface area contributed by atoms with E-state index in [1.807, 2.05) is 0 Å². The molecule has 2 aromatic heterocycles. The first-order chi connectivity index (χ1) is 10.5. The normalized spacial score (nSPS) is 21.9. The minimum absolute atomic E-state index is 0.281. The molecule has 0 atom stereocenters. The molecule has 3 rings (SSSR count). The number of hydrogen-bond acceptors (Lipinski definition) is 2. The maximum atomic E-state index is 14.0. The number of allylic oxidation sites excluding steroid dienone is 2. The predicted molar refractivity (Wildman–Crippen MR) is 70.2 cm³/mol. The molecule has 124 valence electrons. The number of halogens is 8. The van der Waals surface area contributed by atoms with Crippen molar-refractivity contribution in [1.29, 1.82) is 0 Å². The van der Waals surface area contributed by atoms with Crippen LogP contribution in [0, 0.1) is 10.3 Å². The monoisotopic (exact) mass is 376 g/mol. The molecule has 0 amide bonds. The van der Waals surface area contributed by atoms with Crippen molar-refractivity contribution < 1.29 is 35.1 Å². The van der Waals surface area contributed by atoms with Gasteiger partial charge in [-0.2, -0.15) is 35.1 Å². The van der Waals surface area contributed by atoms with Crippen LogP contribution in [-0.2, 0) is 0 Å². The third-order valence-corrected chi connectivity index (χ3v) is 4.84. The summed E-state index contributed by atoms with van der Waals surface area (Å²) >= 11 is 0.561. The van der Waals surface area contributed by atoms with Crippen molar-refractivity contribution in [2.75, 3.05) is 0 Å². The van der Waals surface area contributed by atoms with Gasteiger partial charge in [0.25, 0.3) is 0 Å². The zero-order valence-electron chi connectivity index (χ0n) is 10.6. The van der Waals surface area contributed by atoms with Crippen LogP contribution in [0.2, 0.25) is 0 Å². The average molecular weight is 376 g/mol. The Bertz CT molecular complexity index is 734. The van der Waals surface area contributed by atoms with Crippen LogP contribution in [0.15, 0.2) is 22.9 Å². The van der Waals surface area contributed by atoms with Gasteiger partial charge >= 0.3 is 17.8 Å². The molecule has 0 fully saturated rings. The van der Waals surface area contributed by atoms with Crippen molar-refractivity contribution in [1.82, 2.24) is 0 Å². The van der Waals surface area contributed by atoms with Crippen LogP contribution in [-0.4, -0.2) is 17.8 Å². The highest BCUT2D eigenvalue weighted by Crippen LogP contribution is 2.65. The molecule has 1 aliphatic rings. The van der Waals surface area contributed by atoms with Gasteiger partial charge in [-0.3, -0.25) is 0 Å². The lowest BCUT2D eigenvalue weighted by Crippen LogP contribution is -2.48. The van der Waals surface area contributed by atoms with Crippen LogP contribution >= 0.6 is 22.7 Å². The van der Waals surface area contributed by atoms with Gasteiger partial charge in [0.1, 0.15) is 0 Å². The molecule has 0 radical (unpaired) electrons. The summed E-state index contributed by atoms with van der Waals surface area (Å²) in [7, 11) is 0. The molecule has 0 N–H and O–H groups in total. The molecule has 2 aromatic rings. The van der Waals surface area contributed by atoms with Crippen LogP contribution in [0.5, 0.6) is 0 Å². The van der Waals surface area contributed by atoms with Crippen molar-refractivity contribution in [2.45, 2.75) is 17.8 Å². The molecule has 0 bridgehead atoms. The largest absolute Gasteiger partial charge is 0.380 e. The fraction of sp³-hybridized carbons (Fsp3) is 0.231. The summed E-state index contributed by atoms with van der Waals surface area (Å²) in [5.74, 6) is -16.5. The Morgan fingerprint density at radius 2 is 1.00 bits per heavy atom. The van der Waals surface area contributed by atoms with Gasteiger partial charge in [-0.15, -0.1) is 22.7 Å². The Balaban J connectivity index is 2.44. The highest BCUT2D eigenvalue weighted by molar-refractivity contribution is 7.08. The lowest BCUT2D eigenvalue weighted by molar-refractivity contribution is -0.254. The van der Waals surface area contributed by atoms with E-state index in [0.29, 0.717) is 12.1 Å². The Labute approximate surface area is 131 Å². The maximum Gasteiger partial charge on any atom is 0.380 e. The topological polar surface area (TPSA) is 0 Å². The quantitative estimate of drug-likeness (QED) is 0.571. The second kappa shape index (κ2) is 4.79. The summed E-state index contributed by atoms with van der Waals surface area (Å²) in [5.41, 5.74) is -5.94. The smallest absolute Gasteiger partial charge is 0.194 e. The summed E-state index contributed by atoms with van der Waals surface area (Å²) in [6.07, 6.45) is 0. The highest BCUT2D eigenvalue weighted by atomic mass is 32.1. The highest BCUT2D eigenvalue weighted by Gasteiger charge is 2.80. The van der Waals surface area contributed by atoms with Crippen LogP contribution in [0.3, 0.4) is 0 Å². The molecule has 0 nitrogen and oxygen atoms in total. The van der Waals surface area contributed by atoms with E-state index in [9.17, 15) is 35.1 Å². The second-order valence-electron chi connectivity index (χ2n) is 4.69. The molecule has 0 spiro atoms. The van der Waals surface area contributed by atoms with Crippen molar-refractivity contribution in [2.24, 2.45) is 0 Å². The summed E-state index contributed by atoms with van der Waals surface area (Å²) in [5, 5.41) is -0.768. The zero-order chi connectivity index (χ0) is 17.2. The van der Waals surface area contributed by atoms with Gasteiger partial charge in [0.15, 0.2) is 10.3 Å². The van der Waals surface area contributed by atoms with Gasteiger partial charge < -0.3 is 0 Å². The third-order valence-electron chi connectivity index (χ3n) is 3.44. The summed E-state index contributed by atoms with van der Waals surface area (Å²) < 4.78 is 111. The summed E-state index contributed by atoms with van der Waals surface area (Å²) in [6, 6.07) is 1.37. The van der Waals surface area contributed by atoms with E-state index in [1.165, 1.54) is 0 Å². The van der Waals surface area contributed by atoms with E-state index >= 15 is 0 Å². The number of alkyl halides is 6. The van der Waals surface area contributed by atoms with Gasteiger partial charge in [-0.1, -0.05) is 0 Å². The van der Waals surface area contributed by atoms with Gasteiger partial charge in [-0.05, 0) is 22.9 Å². The average Bonchev–Trinajstić information content (AvgIpc) is 3.05. The third kappa shape index (κ3) is 1.94. The summed E-state index contributed by atoms with van der Waals surface area (Å²) in [4.78, 5) is 0. The summed E-state index contributed by atoms with van der Waals surface area (Å²) in [6.45, 7) is 0. The van der Waals surface area contributed by atoms with Crippen LogP contribution in [0.4, 0.5) is 35.1 Å². The van der Waals surface area contributed by atoms with Gasteiger partial charge in [0.05, 0.1) is 0 Å². The first-order valence-electron chi connectivity index (χ1n) is 5.89. The Morgan fingerprint density at radius 1 is 0.652 bits per heavy atom. The Morgan fingerprint density at radius 3 is 1.26 bits per heavy atom. The van der Waals surface area contributed by atoms with Gasteiger partial charge in [0, 0.05) is 22.3 Å². The minimum Gasteiger partial charge on any atom is -0.194 e. The molecule has 0 aromatic carbocycles. The van der Waals surface area contributed by atoms with E-state index in [1.54, 1.807) is 0 Å². The second-order valence-corrected chi connectivity index (χ2v) is 6.42. The first-order valence-corrected chi connectivity index (χ1v) is 7.64. The standard InChI is InChI=1S/C13H4F8S2/c14-9-5(1-3-22-9)7-8(6-2-4-23-10(6)15)12(18,19)13(20,21)11(7,16)17/h1-4H. The van der Waals surface area contributed by atoms with Gasteiger partial charge in [-0.25, -0.2) is 0 Å². The molecule has 23 heavy (non-hydrogen) atoms. The SMILES string of the molecule is Fc1sccc1C1=C(c2ccsc2F)C(F)(F)C(F)(F)C1(F)F. The van der Waals surface area contributed by atoms with E-state index in [4.69, 9.17) is 0 Å². The number of rotatable bonds is 2. The fourth-order valence-corrected chi connectivity index (χ4v) is 3.62. The van der Waals surface area contributed by atoms with E-state index in [-0.39, 0.29) is 22.7 Å². The molecule has 10 heteroatoms. The molecule has 0 saturated carbocycles. The van der Waals surface area contributed by atoms with Gasteiger partial charge in [0.2, 0.25) is 0 Å². The van der Waals surface area contributed by atoms with Crippen molar-refractivity contribution in [3.8, 4) is 0 Å². The minimum atomic E-state index is -5.81. The lowest BCUT2D eigenvalue weighted by atomic mass is 9.98. The maximum absolute atomic E-state index is 14.0. The van der Waals surface area contributed by atoms with E-state index < -0.39 is 50.3 Å². The number of hydrogen-bond donors (Lipinski definition) is 0. The molecular weight excluding hydrogens is 372 g/mol. The Hall–Kier alpha value is -1.42. The fourth-order valence-electron chi connectivity index (χ4n) is 2.38. The van der Waals surface area contributed by atoms with E-state index in [2.05, 4.69) is 0 Å². The van der Waals surface area contributed by atoms with Crippen LogP contribution < -0.4 is 0 Å². The molecule has 1 aliphatic carbocycles. The van der Waals surface area contributed by atoms with Crippen molar-refractivity contribution >= 4 is 33.8 Å².